The van der Waals surface area contributed by atoms with Crippen LogP contribution in [0, 0.1) is 5.92 Å². The van der Waals surface area contributed by atoms with Gasteiger partial charge in [-0.3, -0.25) is 0 Å². The first-order chi connectivity index (χ1) is 6.20. The lowest BCUT2D eigenvalue weighted by atomic mass is 10.1. The van der Waals surface area contributed by atoms with Crippen molar-refractivity contribution in [2.24, 2.45) is 5.92 Å². The van der Waals surface area contributed by atoms with Gasteiger partial charge in [0.25, 0.3) is 0 Å². The molecule has 0 bridgehead atoms. The van der Waals surface area contributed by atoms with Crippen molar-refractivity contribution in [2.45, 2.75) is 57.3 Å². The highest BCUT2D eigenvalue weighted by Gasteiger charge is 2.21. The number of aliphatic hydroxyl groups is 1. The molecule has 1 nitrogen and oxygen atoms in total. The molecule has 0 aromatic carbocycles. The van der Waals surface area contributed by atoms with Gasteiger partial charge in [0.2, 0.25) is 0 Å². The third-order valence-corrected chi connectivity index (χ3v) is 4.40. The van der Waals surface area contributed by atoms with Gasteiger partial charge in [0.1, 0.15) is 0 Å². The molecule has 0 aromatic heterocycles. The van der Waals surface area contributed by atoms with Gasteiger partial charge in [0.05, 0.1) is 6.10 Å². The minimum atomic E-state index is -0.0359. The van der Waals surface area contributed by atoms with E-state index in [1.165, 1.54) is 31.4 Å². The first kappa shape index (κ1) is 11.4. The third kappa shape index (κ3) is 4.37. The second kappa shape index (κ2) is 5.92. The Kier molecular flexibility index (Phi) is 5.18. The van der Waals surface area contributed by atoms with Crippen LogP contribution in [0.15, 0.2) is 0 Å². The summed E-state index contributed by atoms with van der Waals surface area (Å²) in [6, 6.07) is 0. The van der Waals surface area contributed by atoms with Crippen LogP contribution in [0.2, 0.25) is 0 Å². The Bertz CT molecular complexity index is 136. The van der Waals surface area contributed by atoms with Crippen LogP contribution >= 0.6 is 11.8 Å². The lowest BCUT2D eigenvalue weighted by Crippen LogP contribution is -2.22. The van der Waals surface area contributed by atoms with Gasteiger partial charge < -0.3 is 5.11 Å². The number of aliphatic hydroxyl groups excluding tert-OH is 1. The molecule has 13 heavy (non-hydrogen) atoms. The largest absolute Gasteiger partial charge is 0.392 e. The summed E-state index contributed by atoms with van der Waals surface area (Å²) in [4.78, 5) is 0. The number of hydrogen-bond acceptors (Lipinski definition) is 2. The summed E-state index contributed by atoms with van der Waals surface area (Å²) in [6.45, 7) is 4.49. The normalized spacial score (nSPS) is 30.5. The minimum absolute atomic E-state index is 0.0359. The Hall–Kier alpha value is 0.310. The fraction of sp³-hybridized carbons (Fsp3) is 1.00. The zero-order valence-electron chi connectivity index (χ0n) is 8.83. The first-order valence-corrected chi connectivity index (χ1v) is 6.54. The standard InChI is InChI=1S/C11H22OS/c1-9(2)8-13-11-7-5-3-4-6-10(11)12/h9-12H,3-8H2,1-2H3. The lowest BCUT2D eigenvalue weighted by molar-refractivity contribution is 0.163. The van der Waals surface area contributed by atoms with Crippen molar-refractivity contribution in [2.75, 3.05) is 5.75 Å². The molecule has 0 amide bonds. The molecule has 0 saturated heterocycles. The molecule has 1 aliphatic rings. The molecule has 2 unspecified atom stereocenters. The van der Waals surface area contributed by atoms with Crippen molar-refractivity contribution in [3.8, 4) is 0 Å². The summed E-state index contributed by atoms with van der Waals surface area (Å²) in [5.74, 6) is 1.95. The van der Waals surface area contributed by atoms with Crippen LogP contribution < -0.4 is 0 Å². The predicted octanol–water partition coefficient (Wildman–Crippen LogP) is 3.07. The van der Waals surface area contributed by atoms with E-state index in [1.54, 1.807) is 0 Å². The van der Waals surface area contributed by atoms with Crippen molar-refractivity contribution >= 4 is 11.8 Å². The van der Waals surface area contributed by atoms with E-state index in [0.29, 0.717) is 5.25 Å². The molecule has 1 N–H and O–H groups in total. The highest BCUT2D eigenvalue weighted by Crippen LogP contribution is 2.28. The summed E-state index contributed by atoms with van der Waals surface area (Å²) >= 11 is 1.98. The van der Waals surface area contributed by atoms with Gasteiger partial charge in [-0.15, -0.1) is 0 Å². The maximum absolute atomic E-state index is 9.84. The molecule has 0 aliphatic heterocycles. The van der Waals surface area contributed by atoms with Gasteiger partial charge in [0.15, 0.2) is 0 Å². The van der Waals surface area contributed by atoms with Gasteiger partial charge in [0, 0.05) is 5.25 Å². The number of thioether (sulfide) groups is 1. The van der Waals surface area contributed by atoms with E-state index in [9.17, 15) is 5.11 Å². The topological polar surface area (TPSA) is 20.2 Å². The van der Waals surface area contributed by atoms with Crippen molar-refractivity contribution in [1.82, 2.24) is 0 Å². The molecule has 78 valence electrons. The first-order valence-electron chi connectivity index (χ1n) is 5.50. The average molecular weight is 202 g/mol. The Morgan fingerprint density at radius 1 is 1.23 bits per heavy atom. The van der Waals surface area contributed by atoms with E-state index in [-0.39, 0.29) is 6.10 Å². The van der Waals surface area contributed by atoms with E-state index >= 15 is 0 Å². The van der Waals surface area contributed by atoms with Gasteiger partial charge in [-0.1, -0.05) is 33.1 Å². The summed E-state index contributed by atoms with van der Waals surface area (Å²) in [6.07, 6.45) is 6.06. The molecular formula is C11H22OS. The maximum Gasteiger partial charge on any atom is 0.0658 e. The molecule has 2 atom stereocenters. The van der Waals surface area contributed by atoms with Crippen LogP contribution in [0.25, 0.3) is 0 Å². The monoisotopic (exact) mass is 202 g/mol. The number of rotatable bonds is 3. The molecule has 0 radical (unpaired) electrons. The van der Waals surface area contributed by atoms with E-state index in [2.05, 4.69) is 13.8 Å². The van der Waals surface area contributed by atoms with E-state index in [4.69, 9.17) is 0 Å². The smallest absolute Gasteiger partial charge is 0.0658 e. The minimum Gasteiger partial charge on any atom is -0.392 e. The highest BCUT2D eigenvalue weighted by atomic mass is 32.2. The quantitative estimate of drug-likeness (QED) is 0.710. The van der Waals surface area contributed by atoms with Crippen LogP contribution in [0.5, 0.6) is 0 Å². The molecular weight excluding hydrogens is 180 g/mol. The number of hydrogen-bond donors (Lipinski definition) is 1. The summed E-state index contributed by atoms with van der Waals surface area (Å²) in [5.41, 5.74) is 0. The predicted molar refractivity (Wildman–Crippen MR) is 60.2 cm³/mol. The lowest BCUT2D eigenvalue weighted by Gasteiger charge is -2.20. The molecule has 1 aliphatic carbocycles. The van der Waals surface area contributed by atoms with E-state index < -0.39 is 0 Å². The van der Waals surface area contributed by atoms with Gasteiger partial charge in [-0.2, -0.15) is 11.8 Å². The third-order valence-electron chi connectivity index (χ3n) is 2.56. The Balaban J connectivity index is 2.27. The second-order valence-corrected chi connectivity index (χ2v) is 5.74. The van der Waals surface area contributed by atoms with Crippen LogP contribution in [0.3, 0.4) is 0 Å². The van der Waals surface area contributed by atoms with E-state index in [1.807, 2.05) is 11.8 Å². The van der Waals surface area contributed by atoms with Gasteiger partial charge in [-0.25, -0.2) is 0 Å². The SMILES string of the molecule is CC(C)CSC1CCCCCC1O. The van der Waals surface area contributed by atoms with Crippen molar-refractivity contribution in [3.05, 3.63) is 0 Å². The van der Waals surface area contributed by atoms with E-state index in [0.717, 1.165) is 12.3 Å². The molecule has 1 rings (SSSR count). The van der Waals surface area contributed by atoms with Gasteiger partial charge in [-0.05, 0) is 24.5 Å². The zero-order chi connectivity index (χ0) is 9.68. The highest BCUT2D eigenvalue weighted by molar-refractivity contribution is 7.99. The van der Waals surface area contributed by atoms with Crippen molar-refractivity contribution in [1.29, 1.82) is 0 Å². The molecule has 0 heterocycles. The molecule has 0 spiro atoms. The van der Waals surface area contributed by atoms with Crippen LogP contribution in [0.1, 0.15) is 46.0 Å². The van der Waals surface area contributed by atoms with Crippen molar-refractivity contribution < 1.29 is 5.11 Å². The summed E-state index contributed by atoms with van der Waals surface area (Å²) in [7, 11) is 0. The Morgan fingerprint density at radius 3 is 2.62 bits per heavy atom. The maximum atomic E-state index is 9.84. The van der Waals surface area contributed by atoms with Crippen LogP contribution in [-0.4, -0.2) is 22.2 Å². The average Bonchev–Trinajstić information content (AvgIpc) is 2.27. The summed E-state index contributed by atoms with van der Waals surface area (Å²) < 4.78 is 0. The fourth-order valence-corrected chi connectivity index (χ4v) is 3.09. The molecule has 1 saturated carbocycles. The Morgan fingerprint density at radius 2 is 1.92 bits per heavy atom. The molecule has 0 aromatic rings. The molecule has 1 fully saturated rings. The fourth-order valence-electron chi connectivity index (χ4n) is 1.76. The van der Waals surface area contributed by atoms with Crippen LogP contribution in [0.4, 0.5) is 0 Å². The van der Waals surface area contributed by atoms with Crippen molar-refractivity contribution in [3.63, 3.8) is 0 Å². The molecule has 2 heteroatoms. The summed E-state index contributed by atoms with van der Waals surface area (Å²) in [5, 5.41) is 10.4. The zero-order valence-corrected chi connectivity index (χ0v) is 9.65. The van der Waals surface area contributed by atoms with Crippen LogP contribution in [-0.2, 0) is 0 Å². The second-order valence-electron chi connectivity index (χ2n) is 4.47. The van der Waals surface area contributed by atoms with Gasteiger partial charge >= 0.3 is 0 Å². The Labute approximate surface area is 86.3 Å².